The van der Waals surface area contributed by atoms with E-state index in [9.17, 15) is 0 Å². The lowest BCUT2D eigenvalue weighted by Gasteiger charge is -2.14. The summed E-state index contributed by atoms with van der Waals surface area (Å²) in [5.41, 5.74) is 9.56. The molecule has 8 aromatic carbocycles. The predicted octanol–water partition coefficient (Wildman–Crippen LogP) is 12.2. The van der Waals surface area contributed by atoms with Crippen LogP contribution < -0.4 is 0 Å². The Labute approximate surface area is 311 Å². The van der Waals surface area contributed by atoms with E-state index >= 15 is 0 Å². The number of fused-ring (bicyclic) bond motifs is 9. The third-order valence-corrected chi connectivity index (χ3v) is 10.5. The molecule has 252 valence electrons. The van der Waals surface area contributed by atoms with Crippen molar-refractivity contribution in [2.75, 3.05) is 0 Å². The zero-order valence-electron chi connectivity index (χ0n) is 29.1. The van der Waals surface area contributed by atoms with Crippen LogP contribution in [-0.4, -0.2) is 24.1 Å². The van der Waals surface area contributed by atoms with Crippen LogP contribution in [0.4, 0.5) is 0 Å². The summed E-state index contributed by atoms with van der Waals surface area (Å²) in [5, 5.41) is 7.05. The maximum absolute atomic E-state index is 5.35. The number of benzene rings is 8. The van der Waals surface area contributed by atoms with Crippen LogP contribution in [0.3, 0.4) is 0 Å². The Hall–Kier alpha value is -7.37. The Bertz CT molecular complexity index is 3200. The molecule has 5 heteroatoms. The molecule has 0 aliphatic heterocycles. The quantitative estimate of drug-likeness (QED) is 0.181. The van der Waals surface area contributed by atoms with Gasteiger partial charge < -0.3 is 4.57 Å². The molecule has 0 aliphatic carbocycles. The van der Waals surface area contributed by atoms with Crippen molar-refractivity contribution in [3.63, 3.8) is 0 Å². The van der Waals surface area contributed by atoms with Gasteiger partial charge in [-0.25, -0.2) is 4.98 Å². The Morgan fingerprint density at radius 1 is 0.315 bits per heavy atom. The van der Waals surface area contributed by atoms with E-state index in [2.05, 4.69) is 173 Å². The number of nitrogens with zero attached hydrogens (tertiary/aromatic N) is 5. The number of hydrogen-bond donors (Lipinski definition) is 0. The van der Waals surface area contributed by atoms with Crippen molar-refractivity contribution >= 4 is 54.4 Å². The highest BCUT2D eigenvalue weighted by Gasteiger charge is 2.24. The second-order valence-electron chi connectivity index (χ2n) is 13.7. The van der Waals surface area contributed by atoms with Gasteiger partial charge in [0.2, 0.25) is 5.95 Å². The summed E-state index contributed by atoms with van der Waals surface area (Å²) >= 11 is 0. The minimum Gasteiger partial charge on any atom is -0.307 e. The van der Waals surface area contributed by atoms with Crippen molar-refractivity contribution in [1.29, 1.82) is 0 Å². The predicted molar refractivity (Wildman–Crippen MR) is 222 cm³/mol. The molecule has 0 unspecified atom stereocenters. The molecule has 0 atom stereocenters. The van der Waals surface area contributed by atoms with Gasteiger partial charge in [0.15, 0.2) is 11.6 Å². The topological polar surface area (TPSA) is 48.5 Å². The lowest BCUT2D eigenvalue weighted by Crippen LogP contribution is -2.07. The van der Waals surface area contributed by atoms with Crippen molar-refractivity contribution in [1.82, 2.24) is 24.1 Å². The van der Waals surface area contributed by atoms with Gasteiger partial charge in [-0.05, 0) is 40.8 Å². The number of hydrogen-bond acceptors (Lipinski definition) is 3. The first-order valence-electron chi connectivity index (χ1n) is 18.2. The molecule has 0 saturated heterocycles. The van der Waals surface area contributed by atoms with Crippen LogP contribution >= 0.6 is 0 Å². The Kier molecular flexibility index (Phi) is 6.79. The van der Waals surface area contributed by atoms with Crippen molar-refractivity contribution in [2.24, 2.45) is 0 Å². The molecule has 0 aliphatic rings. The van der Waals surface area contributed by atoms with Gasteiger partial charge in [-0.15, -0.1) is 0 Å². The average molecular weight is 690 g/mol. The van der Waals surface area contributed by atoms with E-state index in [1.807, 2.05) is 24.3 Å². The van der Waals surface area contributed by atoms with Gasteiger partial charge in [0.25, 0.3) is 0 Å². The van der Waals surface area contributed by atoms with E-state index in [0.29, 0.717) is 17.6 Å². The van der Waals surface area contributed by atoms with Crippen molar-refractivity contribution < 1.29 is 0 Å². The summed E-state index contributed by atoms with van der Waals surface area (Å²) in [6.45, 7) is 0. The zero-order chi connectivity index (χ0) is 35.6. The summed E-state index contributed by atoms with van der Waals surface area (Å²) in [5.74, 6) is 1.80. The molecule has 11 aromatic rings. The molecule has 0 amide bonds. The SMILES string of the molecule is c1ccc(-c2cccc(-c3nc(-c4ccccc4)nc(-n4c5ccccc5c5ccc6c7ccc8ccccc8c7n(-c7ccccc7)c6c54)n3)c2)cc1. The fraction of sp³-hybridized carbons (Fsp3) is 0. The van der Waals surface area contributed by atoms with Gasteiger partial charge >= 0.3 is 0 Å². The van der Waals surface area contributed by atoms with Crippen LogP contribution in [0, 0.1) is 0 Å². The van der Waals surface area contributed by atoms with Gasteiger partial charge in [0, 0.05) is 43.7 Å². The molecule has 0 fully saturated rings. The summed E-state index contributed by atoms with van der Waals surface area (Å²) in [6.07, 6.45) is 0. The van der Waals surface area contributed by atoms with Crippen LogP contribution in [0.15, 0.2) is 188 Å². The summed E-state index contributed by atoms with van der Waals surface area (Å²) in [6, 6.07) is 66.1. The first kappa shape index (κ1) is 30.3. The van der Waals surface area contributed by atoms with E-state index in [1.165, 1.54) is 27.1 Å². The molecule has 11 rings (SSSR count). The van der Waals surface area contributed by atoms with Gasteiger partial charge in [0.1, 0.15) is 0 Å². The van der Waals surface area contributed by atoms with E-state index in [1.54, 1.807) is 0 Å². The summed E-state index contributed by atoms with van der Waals surface area (Å²) in [7, 11) is 0. The fourth-order valence-electron chi connectivity index (χ4n) is 8.13. The maximum Gasteiger partial charge on any atom is 0.238 e. The minimum atomic E-state index is 0.567. The Balaban J connectivity index is 1.29. The molecule has 0 spiro atoms. The molecule has 0 N–H and O–H groups in total. The lowest BCUT2D eigenvalue weighted by molar-refractivity contribution is 0.953. The average Bonchev–Trinajstić information content (AvgIpc) is 3.78. The maximum atomic E-state index is 5.35. The monoisotopic (exact) mass is 689 g/mol. The Morgan fingerprint density at radius 3 is 1.63 bits per heavy atom. The van der Waals surface area contributed by atoms with E-state index in [0.717, 1.165) is 55.3 Å². The third kappa shape index (κ3) is 4.69. The van der Waals surface area contributed by atoms with Gasteiger partial charge in [0.05, 0.1) is 22.1 Å². The van der Waals surface area contributed by atoms with Crippen molar-refractivity contribution in [3.05, 3.63) is 188 Å². The second kappa shape index (κ2) is 12.1. The van der Waals surface area contributed by atoms with Crippen molar-refractivity contribution in [3.8, 4) is 45.5 Å². The Morgan fingerprint density at radius 2 is 0.852 bits per heavy atom. The first-order chi connectivity index (χ1) is 26.8. The second-order valence-corrected chi connectivity index (χ2v) is 13.7. The van der Waals surface area contributed by atoms with E-state index < -0.39 is 0 Å². The van der Waals surface area contributed by atoms with Crippen molar-refractivity contribution in [2.45, 2.75) is 0 Å². The lowest BCUT2D eigenvalue weighted by atomic mass is 10.0. The minimum absolute atomic E-state index is 0.567. The van der Waals surface area contributed by atoms with E-state index in [-0.39, 0.29) is 0 Å². The molecular formula is C49H31N5. The first-order valence-corrected chi connectivity index (χ1v) is 18.2. The van der Waals surface area contributed by atoms with E-state index in [4.69, 9.17) is 15.0 Å². The molecular weight excluding hydrogens is 659 g/mol. The van der Waals surface area contributed by atoms with Crippen LogP contribution in [0.2, 0.25) is 0 Å². The smallest absolute Gasteiger partial charge is 0.238 e. The molecule has 0 saturated carbocycles. The third-order valence-electron chi connectivity index (χ3n) is 10.5. The normalized spacial score (nSPS) is 11.7. The highest BCUT2D eigenvalue weighted by Crippen LogP contribution is 2.43. The van der Waals surface area contributed by atoms with Crippen LogP contribution in [-0.2, 0) is 0 Å². The molecule has 3 aromatic heterocycles. The summed E-state index contributed by atoms with van der Waals surface area (Å²) < 4.78 is 4.69. The highest BCUT2D eigenvalue weighted by molar-refractivity contribution is 6.26. The van der Waals surface area contributed by atoms with Gasteiger partial charge in [-0.3, -0.25) is 4.57 Å². The number of para-hydroxylation sites is 2. The van der Waals surface area contributed by atoms with Crippen LogP contribution in [0.5, 0.6) is 0 Å². The molecule has 54 heavy (non-hydrogen) atoms. The van der Waals surface area contributed by atoms with Crippen LogP contribution in [0.1, 0.15) is 0 Å². The number of aromatic nitrogens is 5. The van der Waals surface area contributed by atoms with Gasteiger partial charge in [-0.1, -0.05) is 164 Å². The molecule has 5 nitrogen and oxygen atoms in total. The summed E-state index contributed by atoms with van der Waals surface area (Å²) in [4.78, 5) is 15.8. The highest BCUT2D eigenvalue weighted by atomic mass is 15.2. The molecule has 0 radical (unpaired) electrons. The largest absolute Gasteiger partial charge is 0.307 e. The van der Waals surface area contributed by atoms with Crippen LogP contribution in [0.25, 0.3) is 99.9 Å². The van der Waals surface area contributed by atoms with Gasteiger partial charge in [-0.2, -0.15) is 9.97 Å². The molecule has 3 heterocycles. The molecule has 0 bridgehead atoms. The fourth-order valence-corrected chi connectivity index (χ4v) is 8.13. The zero-order valence-corrected chi connectivity index (χ0v) is 29.1. The standard InChI is InChI=1S/C49H31N5/c1-4-15-32(16-5-1)35-20-14-21-36(31-35)48-50-47(34-18-6-2-7-19-34)51-49(52-48)54-43-26-13-12-25-39(43)40-29-30-42-41-28-27-33-17-10-11-24-38(33)44(41)53(45(42)46(40)54)37-22-8-3-9-23-37/h1-31H. The number of rotatable bonds is 5.